The van der Waals surface area contributed by atoms with Gasteiger partial charge in [-0.3, -0.25) is 9.59 Å². The Morgan fingerprint density at radius 2 is 1.72 bits per heavy atom. The van der Waals surface area contributed by atoms with Crippen LogP contribution in [0.5, 0.6) is 0 Å². The van der Waals surface area contributed by atoms with Crippen LogP contribution >= 0.6 is 23.2 Å². The van der Waals surface area contributed by atoms with Gasteiger partial charge in [0.15, 0.2) is 5.78 Å². The molecule has 1 N–H and O–H groups in total. The zero-order valence-corrected chi connectivity index (χ0v) is 11.5. The van der Waals surface area contributed by atoms with Crippen molar-refractivity contribution in [2.45, 2.75) is 32.6 Å². The Morgan fingerprint density at radius 3 is 2.17 bits per heavy atom. The number of carbonyl (C=O) groups excluding carboxylic acids is 1. The molecule has 0 bridgehead atoms. The molecule has 0 atom stereocenters. The Morgan fingerprint density at radius 1 is 1.17 bits per heavy atom. The molecule has 98 valence electrons. The van der Waals surface area contributed by atoms with E-state index < -0.39 is 5.97 Å². The maximum absolute atomic E-state index is 11.7. The number of halogens is 2. The van der Waals surface area contributed by atoms with Gasteiger partial charge in [0.2, 0.25) is 0 Å². The van der Waals surface area contributed by atoms with Crippen molar-refractivity contribution in [2.75, 3.05) is 0 Å². The van der Waals surface area contributed by atoms with Crippen molar-refractivity contribution in [3.05, 3.63) is 33.3 Å². The number of rotatable bonds is 6. The molecule has 5 heteroatoms. The molecule has 0 unspecified atom stereocenters. The summed E-state index contributed by atoms with van der Waals surface area (Å²) in [5, 5.41) is 9.45. The zero-order valence-electron chi connectivity index (χ0n) is 10.0. The summed E-state index contributed by atoms with van der Waals surface area (Å²) in [6, 6.07) is 3.12. The van der Waals surface area contributed by atoms with E-state index in [1.165, 1.54) is 0 Å². The SMILES string of the molecule is CCCc1c(Cl)cc(C(=O)CCC(=O)O)cc1Cl. The summed E-state index contributed by atoms with van der Waals surface area (Å²) in [7, 11) is 0. The molecule has 0 fully saturated rings. The Balaban J connectivity index is 2.91. The Bertz CT molecular complexity index is 446. The van der Waals surface area contributed by atoms with Gasteiger partial charge in [-0.15, -0.1) is 0 Å². The normalized spacial score (nSPS) is 10.4. The van der Waals surface area contributed by atoms with Crippen LogP contribution in [-0.4, -0.2) is 16.9 Å². The van der Waals surface area contributed by atoms with E-state index in [0.29, 0.717) is 15.6 Å². The fourth-order valence-corrected chi connectivity index (χ4v) is 2.29. The summed E-state index contributed by atoms with van der Waals surface area (Å²) in [6.07, 6.45) is 1.42. The molecule has 0 spiro atoms. The summed E-state index contributed by atoms with van der Waals surface area (Å²) in [5.41, 5.74) is 1.20. The van der Waals surface area contributed by atoms with E-state index in [-0.39, 0.29) is 18.6 Å². The Labute approximate surface area is 116 Å². The third-order valence-corrected chi connectivity index (χ3v) is 3.20. The second kappa shape index (κ2) is 6.76. The molecule has 0 aliphatic carbocycles. The van der Waals surface area contributed by atoms with Gasteiger partial charge in [0, 0.05) is 22.0 Å². The first kappa shape index (κ1) is 15.0. The highest BCUT2D eigenvalue weighted by Gasteiger charge is 2.13. The zero-order chi connectivity index (χ0) is 13.7. The largest absolute Gasteiger partial charge is 0.481 e. The van der Waals surface area contributed by atoms with Crippen LogP contribution in [0.2, 0.25) is 10.0 Å². The number of benzene rings is 1. The first-order valence-electron chi connectivity index (χ1n) is 5.68. The number of carboxylic acids is 1. The van der Waals surface area contributed by atoms with Crippen molar-refractivity contribution in [1.82, 2.24) is 0 Å². The van der Waals surface area contributed by atoms with Crippen LogP contribution in [0.3, 0.4) is 0 Å². The molecule has 0 saturated heterocycles. The molecule has 1 aromatic rings. The molecule has 0 heterocycles. The predicted octanol–water partition coefficient (Wildman–Crippen LogP) is 3.99. The van der Waals surface area contributed by atoms with Crippen LogP contribution in [0.25, 0.3) is 0 Å². The van der Waals surface area contributed by atoms with E-state index in [4.69, 9.17) is 28.3 Å². The van der Waals surface area contributed by atoms with E-state index >= 15 is 0 Å². The van der Waals surface area contributed by atoms with Gasteiger partial charge < -0.3 is 5.11 Å². The van der Waals surface area contributed by atoms with Crippen LogP contribution in [0.1, 0.15) is 42.1 Å². The number of aliphatic carboxylic acids is 1. The van der Waals surface area contributed by atoms with E-state index in [0.717, 1.165) is 18.4 Å². The van der Waals surface area contributed by atoms with Crippen LogP contribution in [0, 0.1) is 0 Å². The third kappa shape index (κ3) is 4.00. The number of hydrogen-bond acceptors (Lipinski definition) is 2. The summed E-state index contributed by atoms with van der Waals surface area (Å²) in [5.74, 6) is -1.26. The molecular formula is C13H14Cl2O3. The lowest BCUT2D eigenvalue weighted by molar-refractivity contribution is -0.136. The second-order valence-corrected chi connectivity index (χ2v) is 4.80. The van der Waals surface area contributed by atoms with E-state index in [9.17, 15) is 9.59 Å². The maximum atomic E-state index is 11.7. The quantitative estimate of drug-likeness (QED) is 0.805. The molecule has 3 nitrogen and oxygen atoms in total. The Hall–Kier alpha value is -1.06. The Kier molecular flexibility index (Phi) is 5.63. The van der Waals surface area contributed by atoms with Crippen LogP contribution in [0.15, 0.2) is 12.1 Å². The second-order valence-electron chi connectivity index (χ2n) is 3.99. The van der Waals surface area contributed by atoms with Crippen molar-refractivity contribution in [3.63, 3.8) is 0 Å². The van der Waals surface area contributed by atoms with Crippen LogP contribution in [0.4, 0.5) is 0 Å². The average Bonchev–Trinajstić information content (AvgIpc) is 2.30. The fraction of sp³-hybridized carbons (Fsp3) is 0.385. The summed E-state index contributed by atoms with van der Waals surface area (Å²) in [4.78, 5) is 22.1. The summed E-state index contributed by atoms with van der Waals surface area (Å²) >= 11 is 12.1. The molecule has 1 aromatic carbocycles. The monoisotopic (exact) mass is 288 g/mol. The van der Waals surface area contributed by atoms with Crippen molar-refractivity contribution in [2.24, 2.45) is 0 Å². The highest BCUT2D eigenvalue weighted by molar-refractivity contribution is 6.36. The highest BCUT2D eigenvalue weighted by Crippen LogP contribution is 2.28. The number of Topliss-reactive ketones (excluding diaryl/α,β-unsaturated/α-hetero) is 1. The van der Waals surface area contributed by atoms with Gasteiger partial charge in [-0.1, -0.05) is 36.5 Å². The van der Waals surface area contributed by atoms with Gasteiger partial charge in [-0.25, -0.2) is 0 Å². The van der Waals surface area contributed by atoms with E-state index in [2.05, 4.69) is 0 Å². The minimum Gasteiger partial charge on any atom is -0.481 e. The molecule has 0 amide bonds. The lowest BCUT2D eigenvalue weighted by Crippen LogP contribution is -2.04. The first-order valence-corrected chi connectivity index (χ1v) is 6.44. The minimum absolute atomic E-state index is 0.0465. The highest BCUT2D eigenvalue weighted by atomic mass is 35.5. The van der Waals surface area contributed by atoms with Crippen LogP contribution < -0.4 is 0 Å². The van der Waals surface area contributed by atoms with Crippen molar-refractivity contribution in [1.29, 1.82) is 0 Å². The number of ketones is 1. The van der Waals surface area contributed by atoms with Crippen LogP contribution in [-0.2, 0) is 11.2 Å². The molecule has 0 aliphatic heterocycles. The topological polar surface area (TPSA) is 54.4 Å². The smallest absolute Gasteiger partial charge is 0.303 e. The molecule has 1 rings (SSSR count). The van der Waals surface area contributed by atoms with Gasteiger partial charge in [0.1, 0.15) is 0 Å². The van der Waals surface area contributed by atoms with E-state index in [1.807, 2.05) is 6.92 Å². The van der Waals surface area contributed by atoms with Crippen molar-refractivity contribution >= 4 is 35.0 Å². The molecular weight excluding hydrogens is 275 g/mol. The van der Waals surface area contributed by atoms with Gasteiger partial charge in [0.05, 0.1) is 6.42 Å². The van der Waals surface area contributed by atoms with E-state index in [1.54, 1.807) is 12.1 Å². The summed E-state index contributed by atoms with van der Waals surface area (Å²) < 4.78 is 0. The van der Waals surface area contributed by atoms with Gasteiger partial charge in [-0.05, 0) is 24.1 Å². The lowest BCUT2D eigenvalue weighted by Gasteiger charge is -2.08. The molecule has 0 radical (unpaired) electrons. The van der Waals surface area contributed by atoms with Gasteiger partial charge >= 0.3 is 5.97 Å². The number of carbonyl (C=O) groups is 2. The molecule has 0 aromatic heterocycles. The standard InChI is InChI=1S/C13H14Cl2O3/c1-2-3-9-10(14)6-8(7-11(9)15)12(16)4-5-13(17)18/h6-7H,2-5H2,1H3,(H,17,18). The van der Waals surface area contributed by atoms with Gasteiger partial charge in [-0.2, -0.15) is 0 Å². The first-order chi connectivity index (χ1) is 8.45. The number of hydrogen-bond donors (Lipinski definition) is 1. The maximum Gasteiger partial charge on any atom is 0.303 e. The van der Waals surface area contributed by atoms with Crippen molar-refractivity contribution < 1.29 is 14.7 Å². The summed E-state index contributed by atoms with van der Waals surface area (Å²) in [6.45, 7) is 2.01. The third-order valence-electron chi connectivity index (χ3n) is 2.53. The van der Waals surface area contributed by atoms with Crippen molar-refractivity contribution in [3.8, 4) is 0 Å². The lowest BCUT2D eigenvalue weighted by atomic mass is 10.0. The minimum atomic E-state index is -0.997. The number of carboxylic acid groups (broad SMARTS) is 1. The van der Waals surface area contributed by atoms with Gasteiger partial charge in [0.25, 0.3) is 0 Å². The molecule has 0 aliphatic rings. The predicted molar refractivity (Wildman–Crippen MR) is 71.7 cm³/mol. The fourth-order valence-electron chi connectivity index (χ4n) is 1.62. The average molecular weight is 289 g/mol. The molecule has 18 heavy (non-hydrogen) atoms. The molecule has 0 saturated carbocycles.